The number of rotatable bonds is 5. The van der Waals surface area contributed by atoms with E-state index in [0.29, 0.717) is 25.2 Å². The first kappa shape index (κ1) is 18.2. The molecule has 2 fully saturated rings. The summed E-state index contributed by atoms with van der Waals surface area (Å²) in [4.78, 5) is 11.9. The van der Waals surface area contributed by atoms with Gasteiger partial charge in [-0.2, -0.15) is 4.98 Å². The Kier molecular flexibility index (Phi) is 5.27. The van der Waals surface area contributed by atoms with Gasteiger partial charge in [-0.05, 0) is 13.3 Å². The Hall–Kier alpha value is -2.18. The maximum atomic E-state index is 5.86. The highest BCUT2D eigenvalue weighted by Crippen LogP contribution is 2.33. The van der Waals surface area contributed by atoms with Crippen molar-refractivity contribution in [3.8, 4) is 11.3 Å². The van der Waals surface area contributed by atoms with Crippen molar-refractivity contribution >= 4 is 11.8 Å². The van der Waals surface area contributed by atoms with Crippen LogP contribution in [0.1, 0.15) is 33.1 Å². The van der Waals surface area contributed by atoms with Gasteiger partial charge >= 0.3 is 0 Å². The van der Waals surface area contributed by atoms with Gasteiger partial charge in [0.15, 0.2) is 5.79 Å². The van der Waals surface area contributed by atoms with Gasteiger partial charge < -0.3 is 19.7 Å². The van der Waals surface area contributed by atoms with Gasteiger partial charge in [-0.1, -0.05) is 37.3 Å². The van der Waals surface area contributed by atoms with Crippen LogP contribution in [0.2, 0.25) is 0 Å². The minimum atomic E-state index is -0.371. The molecule has 1 atom stereocenters. The second-order valence-corrected chi connectivity index (χ2v) is 7.35. The predicted octanol–water partition coefficient (Wildman–Crippen LogP) is 3.70. The van der Waals surface area contributed by atoms with Gasteiger partial charge in [0.05, 0.1) is 18.9 Å². The minimum Gasteiger partial charge on any atom is -0.356 e. The van der Waals surface area contributed by atoms with E-state index in [1.165, 1.54) is 0 Å². The van der Waals surface area contributed by atoms with E-state index in [9.17, 15) is 0 Å². The van der Waals surface area contributed by atoms with Crippen molar-refractivity contribution in [1.82, 2.24) is 9.97 Å². The van der Waals surface area contributed by atoms with Crippen molar-refractivity contribution < 1.29 is 9.47 Å². The molecule has 2 aromatic rings. The molecule has 6 heteroatoms. The van der Waals surface area contributed by atoms with E-state index in [1.807, 2.05) is 18.2 Å². The standard InChI is InChI=1S/C21H28N4O2/c1-3-16(2)22-20-23-18(17-7-5-4-6-8-17)15-19(24-20)25-11-9-21(10-12-25)26-13-14-27-21/h4-8,15-16H,3,9-14H2,1-2H3,(H,22,23,24). The summed E-state index contributed by atoms with van der Waals surface area (Å²) in [5.41, 5.74) is 2.05. The van der Waals surface area contributed by atoms with Gasteiger partial charge in [0.25, 0.3) is 0 Å². The summed E-state index contributed by atoms with van der Waals surface area (Å²) >= 11 is 0. The second-order valence-electron chi connectivity index (χ2n) is 7.35. The summed E-state index contributed by atoms with van der Waals surface area (Å²) in [6.45, 7) is 7.45. The quantitative estimate of drug-likeness (QED) is 0.868. The Labute approximate surface area is 160 Å². The van der Waals surface area contributed by atoms with Crippen LogP contribution in [-0.2, 0) is 9.47 Å². The Morgan fingerprint density at radius 2 is 1.81 bits per heavy atom. The van der Waals surface area contributed by atoms with E-state index in [4.69, 9.17) is 19.4 Å². The lowest BCUT2D eigenvalue weighted by molar-refractivity contribution is -0.169. The topological polar surface area (TPSA) is 59.5 Å². The molecular weight excluding hydrogens is 340 g/mol. The van der Waals surface area contributed by atoms with Crippen molar-refractivity contribution in [1.29, 1.82) is 0 Å². The zero-order chi connectivity index (χ0) is 18.7. The number of hydrogen-bond acceptors (Lipinski definition) is 6. The Morgan fingerprint density at radius 3 is 2.48 bits per heavy atom. The molecule has 0 amide bonds. The molecule has 0 bridgehead atoms. The van der Waals surface area contributed by atoms with Gasteiger partial charge in [0.2, 0.25) is 5.95 Å². The second kappa shape index (κ2) is 7.82. The third-order valence-electron chi connectivity index (χ3n) is 5.43. The van der Waals surface area contributed by atoms with Crippen molar-refractivity contribution in [3.05, 3.63) is 36.4 Å². The smallest absolute Gasteiger partial charge is 0.225 e. The van der Waals surface area contributed by atoms with Crippen LogP contribution >= 0.6 is 0 Å². The van der Waals surface area contributed by atoms with Gasteiger partial charge in [0.1, 0.15) is 5.82 Å². The van der Waals surface area contributed by atoms with Gasteiger partial charge in [-0.25, -0.2) is 4.98 Å². The van der Waals surface area contributed by atoms with Crippen molar-refractivity contribution in [2.24, 2.45) is 0 Å². The van der Waals surface area contributed by atoms with Crippen molar-refractivity contribution in [3.63, 3.8) is 0 Å². The van der Waals surface area contributed by atoms with E-state index in [-0.39, 0.29) is 5.79 Å². The number of ether oxygens (including phenoxy) is 2. The molecule has 1 spiro atoms. The number of anilines is 2. The molecule has 0 aliphatic carbocycles. The van der Waals surface area contributed by atoms with Crippen LogP contribution < -0.4 is 10.2 Å². The molecule has 0 saturated carbocycles. The van der Waals surface area contributed by atoms with Crippen LogP contribution in [0.25, 0.3) is 11.3 Å². The number of benzene rings is 1. The van der Waals surface area contributed by atoms with Crippen LogP contribution in [0.5, 0.6) is 0 Å². The fraction of sp³-hybridized carbons (Fsp3) is 0.524. The fourth-order valence-electron chi connectivity index (χ4n) is 3.60. The lowest BCUT2D eigenvalue weighted by Gasteiger charge is -2.38. The molecule has 27 heavy (non-hydrogen) atoms. The molecular formula is C21H28N4O2. The van der Waals surface area contributed by atoms with Crippen LogP contribution in [-0.4, -0.2) is 48.1 Å². The molecule has 3 heterocycles. The maximum absolute atomic E-state index is 5.86. The number of piperidine rings is 1. The van der Waals surface area contributed by atoms with Crippen molar-refractivity contribution in [2.45, 2.75) is 44.9 Å². The zero-order valence-electron chi connectivity index (χ0n) is 16.1. The number of hydrogen-bond donors (Lipinski definition) is 1. The van der Waals surface area contributed by atoms with E-state index >= 15 is 0 Å². The highest BCUT2D eigenvalue weighted by molar-refractivity contribution is 5.65. The molecule has 4 rings (SSSR count). The van der Waals surface area contributed by atoms with Crippen LogP contribution in [0.3, 0.4) is 0 Å². The third-order valence-corrected chi connectivity index (χ3v) is 5.43. The summed E-state index contributed by atoms with van der Waals surface area (Å²) in [7, 11) is 0. The maximum Gasteiger partial charge on any atom is 0.225 e. The third kappa shape index (κ3) is 4.06. The molecule has 144 valence electrons. The molecule has 2 saturated heterocycles. The average Bonchev–Trinajstić information content (AvgIpc) is 3.17. The summed E-state index contributed by atoms with van der Waals surface area (Å²) in [6.07, 6.45) is 2.76. The average molecular weight is 368 g/mol. The summed E-state index contributed by atoms with van der Waals surface area (Å²) in [5, 5.41) is 3.43. The van der Waals surface area contributed by atoms with Crippen LogP contribution in [0.15, 0.2) is 36.4 Å². The molecule has 2 aliphatic heterocycles. The van der Waals surface area contributed by atoms with E-state index in [0.717, 1.165) is 49.4 Å². The molecule has 6 nitrogen and oxygen atoms in total. The lowest BCUT2D eigenvalue weighted by atomic mass is 10.0. The summed E-state index contributed by atoms with van der Waals surface area (Å²) in [6, 6.07) is 12.7. The lowest BCUT2D eigenvalue weighted by Crippen LogP contribution is -2.45. The number of nitrogens with zero attached hydrogens (tertiary/aromatic N) is 3. The van der Waals surface area contributed by atoms with E-state index in [2.05, 4.69) is 42.3 Å². The van der Waals surface area contributed by atoms with Crippen molar-refractivity contribution in [2.75, 3.05) is 36.5 Å². The monoisotopic (exact) mass is 368 g/mol. The SMILES string of the molecule is CCC(C)Nc1nc(-c2ccccc2)cc(N2CCC3(CC2)OCCO3)n1. The molecule has 1 unspecified atom stereocenters. The highest BCUT2D eigenvalue weighted by atomic mass is 16.7. The summed E-state index contributed by atoms with van der Waals surface area (Å²) < 4.78 is 11.7. The molecule has 2 aliphatic rings. The van der Waals surface area contributed by atoms with Gasteiger partial charge in [-0.15, -0.1) is 0 Å². The predicted molar refractivity (Wildman–Crippen MR) is 107 cm³/mol. The first-order valence-corrected chi connectivity index (χ1v) is 9.91. The number of nitrogens with one attached hydrogen (secondary N) is 1. The largest absolute Gasteiger partial charge is 0.356 e. The van der Waals surface area contributed by atoms with Crippen LogP contribution in [0, 0.1) is 0 Å². The Bertz CT molecular complexity index is 752. The molecule has 1 aromatic carbocycles. The number of aromatic nitrogens is 2. The molecule has 1 N–H and O–H groups in total. The Balaban J connectivity index is 1.60. The molecule has 0 radical (unpaired) electrons. The van der Waals surface area contributed by atoms with Gasteiger partial charge in [0, 0.05) is 43.6 Å². The minimum absolute atomic E-state index is 0.328. The fourth-order valence-corrected chi connectivity index (χ4v) is 3.60. The zero-order valence-corrected chi connectivity index (χ0v) is 16.1. The van der Waals surface area contributed by atoms with Gasteiger partial charge in [-0.3, -0.25) is 0 Å². The summed E-state index contributed by atoms with van der Waals surface area (Å²) in [5.74, 6) is 1.28. The normalized spacial score (nSPS) is 20.0. The van der Waals surface area contributed by atoms with Crippen LogP contribution in [0.4, 0.5) is 11.8 Å². The first-order valence-electron chi connectivity index (χ1n) is 9.91. The highest BCUT2D eigenvalue weighted by Gasteiger charge is 2.40. The van der Waals surface area contributed by atoms with E-state index in [1.54, 1.807) is 0 Å². The first-order chi connectivity index (χ1) is 13.2. The Morgan fingerprint density at radius 1 is 1.11 bits per heavy atom. The van der Waals surface area contributed by atoms with E-state index < -0.39 is 0 Å². The molecule has 1 aromatic heterocycles.